The van der Waals surface area contributed by atoms with Gasteiger partial charge >= 0.3 is 5.97 Å². The Kier molecular flexibility index (Phi) is 5.83. The molecular formula is C18H20O4. The van der Waals surface area contributed by atoms with E-state index in [1.165, 1.54) is 6.92 Å². The molecule has 116 valence electrons. The molecular weight excluding hydrogens is 280 g/mol. The SMILES string of the molecule is CCC(COc1ccc(Oc2ccccc2)cc1)OC(C)=O. The van der Waals surface area contributed by atoms with Crippen molar-refractivity contribution in [3.63, 3.8) is 0 Å². The summed E-state index contributed by atoms with van der Waals surface area (Å²) >= 11 is 0. The van der Waals surface area contributed by atoms with Crippen LogP contribution in [0, 0.1) is 0 Å². The van der Waals surface area contributed by atoms with E-state index in [1.54, 1.807) is 0 Å². The molecule has 0 N–H and O–H groups in total. The lowest BCUT2D eigenvalue weighted by Crippen LogP contribution is -2.23. The third kappa shape index (κ3) is 5.13. The molecule has 1 atom stereocenters. The molecule has 0 spiro atoms. The van der Waals surface area contributed by atoms with Crippen LogP contribution in [0.1, 0.15) is 20.3 Å². The van der Waals surface area contributed by atoms with Gasteiger partial charge < -0.3 is 14.2 Å². The fourth-order valence-corrected chi connectivity index (χ4v) is 1.89. The van der Waals surface area contributed by atoms with Crippen molar-refractivity contribution in [3.05, 3.63) is 54.6 Å². The first-order valence-corrected chi connectivity index (χ1v) is 7.30. The number of carbonyl (C=O) groups is 1. The van der Waals surface area contributed by atoms with E-state index in [0.29, 0.717) is 12.4 Å². The number of hydrogen-bond acceptors (Lipinski definition) is 4. The number of hydrogen-bond donors (Lipinski definition) is 0. The van der Waals surface area contributed by atoms with Crippen LogP contribution in [0.15, 0.2) is 54.6 Å². The molecule has 2 aromatic rings. The standard InChI is InChI=1S/C18H20O4/c1-3-15(21-14(2)19)13-20-16-9-11-18(12-10-16)22-17-7-5-4-6-8-17/h4-12,15H,3,13H2,1-2H3. The van der Waals surface area contributed by atoms with Gasteiger partial charge in [0.25, 0.3) is 0 Å². The van der Waals surface area contributed by atoms with Crippen LogP contribution in [0.2, 0.25) is 0 Å². The summed E-state index contributed by atoms with van der Waals surface area (Å²) in [5.41, 5.74) is 0. The Labute approximate surface area is 130 Å². The highest BCUT2D eigenvalue weighted by molar-refractivity contribution is 5.66. The van der Waals surface area contributed by atoms with Gasteiger partial charge in [-0.15, -0.1) is 0 Å². The number of ether oxygens (including phenoxy) is 3. The smallest absolute Gasteiger partial charge is 0.303 e. The van der Waals surface area contributed by atoms with Gasteiger partial charge in [0.05, 0.1) is 0 Å². The number of esters is 1. The Morgan fingerprint density at radius 2 is 1.55 bits per heavy atom. The fraction of sp³-hybridized carbons (Fsp3) is 0.278. The van der Waals surface area contributed by atoms with Crippen LogP contribution in [-0.2, 0) is 9.53 Å². The minimum Gasteiger partial charge on any atom is -0.490 e. The average Bonchev–Trinajstić information content (AvgIpc) is 2.53. The Hall–Kier alpha value is -2.49. The van der Waals surface area contributed by atoms with Crippen LogP contribution in [0.4, 0.5) is 0 Å². The molecule has 0 radical (unpaired) electrons. The molecule has 0 aliphatic heterocycles. The monoisotopic (exact) mass is 300 g/mol. The van der Waals surface area contributed by atoms with E-state index in [4.69, 9.17) is 14.2 Å². The van der Waals surface area contributed by atoms with Crippen LogP contribution in [0.5, 0.6) is 17.2 Å². The first-order chi connectivity index (χ1) is 10.7. The Morgan fingerprint density at radius 1 is 0.955 bits per heavy atom. The van der Waals surface area contributed by atoms with E-state index in [1.807, 2.05) is 61.5 Å². The molecule has 4 nitrogen and oxygen atoms in total. The normalized spacial score (nSPS) is 11.5. The molecule has 0 amide bonds. The molecule has 0 heterocycles. The number of para-hydroxylation sites is 1. The van der Waals surface area contributed by atoms with Crippen LogP contribution in [-0.4, -0.2) is 18.7 Å². The number of carbonyl (C=O) groups excluding carboxylic acids is 1. The molecule has 2 rings (SSSR count). The third-order valence-electron chi connectivity index (χ3n) is 3.03. The van der Waals surface area contributed by atoms with Crippen LogP contribution < -0.4 is 9.47 Å². The lowest BCUT2D eigenvalue weighted by atomic mass is 10.3. The van der Waals surface area contributed by atoms with Crippen molar-refractivity contribution in [2.45, 2.75) is 26.4 Å². The van der Waals surface area contributed by atoms with Gasteiger partial charge in [0, 0.05) is 6.92 Å². The number of benzene rings is 2. The van der Waals surface area contributed by atoms with Gasteiger partial charge in [-0.2, -0.15) is 0 Å². The molecule has 0 fully saturated rings. The van der Waals surface area contributed by atoms with Crippen molar-refractivity contribution in [3.8, 4) is 17.2 Å². The molecule has 0 saturated carbocycles. The van der Waals surface area contributed by atoms with Crippen LogP contribution >= 0.6 is 0 Å². The maximum absolute atomic E-state index is 10.9. The summed E-state index contributed by atoms with van der Waals surface area (Å²) in [6.45, 7) is 3.70. The predicted molar refractivity (Wildman–Crippen MR) is 84.3 cm³/mol. The largest absolute Gasteiger partial charge is 0.490 e. The zero-order valence-electron chi connectivity index (χ0n) is 12.8. The van der Waals surface area contributed by atoms with Crippen molar-refractivity contribution >= 4 is 5.97 Å². The lowest BCUT2D eigenvalue weighted by molar-refractivity contribution is -0.147. The van der Waals surface area contributed by atoms with Gasteiger partial charge in [-0.25, -0.2) is 0 Å². The topological polar surface area (TPSA) is 44.8 Å². The van der Waals surface area contributed by atoms with E-state index in [0.717, 1.165) is 17.9 Å². The van der Waals surface area contributed by atoms with E-state index in [2.05, 4.69) is 0 Å². The molecule has 1 unspecified atom stereocenters. The van der Waals surface area contributed by atoms with E-state index in [-0.39, 0.29) is 12.1 Å². The molecule has 0 bridgehead atoms. The summed E-state index contributed by atoms with van der Waals surface area (Å²) < 4.78 is 16.5. The molecule has 0 aliphatic carbocycles. The summed E-state index contributed by atoms with van der Waals surface area (Å²) in [5.74, 6) is 1.95. The first-order valence-electron chi connectivity index (χ1n) is 7.30. The van der Waals surface area contributed by atoms with E-state index < -0.39 is 0 Å². The maximum atomic E-state index is 10.9. The maximum Gasteiger partial charge on any atom is 0.303 e. The highest BCUT2D eigenvalue weighted by atomic mass is 16.6. The first kappa shape index (κ1) is 15.9. The second-order valence-electron chi connectivity index (χ2n) is 4.84. The quantitative estimate of drug-likeness (QED) is 0.719. The van der Waals surface area contributed by atoms with Gasteiger partial charge in [0.1, 0.15) is 30.0 Å². The van der Waals surface area contributed by atoms with E-state index >= 15 is 0 Å². The Bertz CT molecular complexity index is 578. The van der Waals surface area contributed by atoms with Crippen molar-refractivity contribution in [1.29, 1.82) is 0 Å². The Balaban J connectivity index is 1.87. The summed E-state index contributed by atoms with van der Waals surface area (Å²) in [4.78, 5) is 10.9. The van der Waals surface area contributed by atoms with Gasteiger partial charge in [0.15, 0.2) is 0 Å². The van der Waals surface area contributed by atoms with E-state index in [9.17, 15) is 4.79 Å². The van der Waals surface area contributed by atoms with Crippen molar-refractivity contribution in [2.24, 2.45) is 0 Å². The summed E-state index contributed by atoms with van der Waals surface area (Å²) in [6.07, 6.45) is 0.493. The molecule has 0 aromatic heterocycles. The van der Waals surface area contributed by atoms with Gasteiger partial charge in [-0.05, 0) is 42.8 Å². The summed E-state index contributed by atoms with van der Waals surface area (Å²) in [5, 5.41) is 0. The minimum atomic E-state index is -0.290. The average molecular weight is 300 g/mol. The predicted octanol–water partition coefficient (Wildman–Crippen LogP) is 4.20. The van der Waals surface area contributed by atoms with Crippen LogP contribution in [0.25, 0.3) is 0 Å². The zero-order valence-corrected chi connectivity index (χ0v) is 12.8. The molecule has 4 heteroatoms. The van der Waals surface area contributed by atoms with Crippen molar-refractivity contribution in [1.82, 2.24) is 0 Å². The van der Waals surface area contributed by atoms with Crippen molar-refractivity contribution < 1.29 is 19.0 Å². The minimum absolute atomic E-state index is 0.224. The van der Waals surface area contributed by atoms with Gasteiger partial charge in [-0.3, -0.25) is 4.79 Å². The highest BCUT2D eigenvalue weighted by Crippen LogP contribution is 2.23. The zero-order chi connectivity index (χ0) is 15.8. The van der Waals surface area contributed by atoms with Crippen LogP contribution in [0.3, 0.4) is 0 Å². The second kappa shape index (κ2) is 8.08. The van der Waals surface area contributed by atoms with Crippen molar-refractivity contribution in [2.75, 3.05) is 6.61 Å². The van der Waals surface area contributed by atoms with Gasteiger partial charge in [0.2, 0.25) is 0 Å². The fourth-order valence-electron chi connectivity index (χ4n) is 1.89. The van der Waals surface area contributed by atoms with Gasteiger partial charge in [-0.1, -0.05) is 25.1 Å². The highest BCUT2D eigenvalue weighted by Gasteiger charge is 2.10. The summed E-state index contributed by atoms with van der Waals surface area (Å²) in [7, 11) is 0. The molecule has 2 aromatic carbocycles. The molecule has 0 aliphatic rings. The third-order valence-corrected chi connectivity index (χ3v) is 3.03. The molecule has 0 saturated heterocycles. The molecule has 22 heavy (non-hydrogen) atoms. The Morgan fingerprint density at radius 3 is 2.14 bits per heavy atom. The lowest BCUT2D eigenvalue weighted by Gasteiger charge is -2.16. The summed E-state index contributed by atoms with van der Waals surface area (Å²) in [6, 6.07) is 16.9. The second-order valence-corrected chi connectivity index (χ2v) is 4.84. The number of rotatable bonds is 7.